The van der Waals surface area contributed by atoms with E-state index in [4.69, 9.17) is 5.11 Å². The van der Waals surface area contributed by atoms with Gasteiger partial charge in [0.2, 0.25) is 0 Å². The van der Waals surface area contributed by atoms with Gasteiger partial charge in [-0.2, -0.15) is 0 Å². The second-order valence-electron chi connectivity index (χ2n) is 4.81. The number of hydrogen-bond acceptors (Lipinski definition) is 3. The van der Waals surface area contributed by atoms with E-state index >= 15 is 0 Å². The normalized spacial score (nSPS) is 20.1. The number of anilines is 1. The minimum atomic E-state index is -0.722. The summed E-state index contributed by atoms with van der Waals surface area (Å²) >= 11 is 3.44. The van der Waals surface area contributed by atoms with Crippen molar-refractivity contribution in [2.45, 2.75) is 25.3 Å². The second kappa shape index (κ2) is 6.91. The molecule has 5 heteroatoms. The zero-order chi connectivity index (χ0) is 13.7. The first-order valence-corrected chi connectivity index (χ1v) is 7.41. The highest BCUT2D eigenvalue weighted by molar-refractivity contribution is 9.10. The second-order valence-corrected chi connectivity index (χ2v) is 5.73. The maximum absolute atomic E-state index is 10.8. The smallest absolute Gasteiger partial charge is 0.303 e. The first-order valence-electron chi connectivity index (χ1n) is 6.61. The van der Waals surface area contributed by atoms with Crippen LogP contribution < -0.4 is 10.2 Å². The van der Waals surface area contributed by atoms with Crippen LogP contribution in [0.25, 0.3) is 0 Å². The van der Waals surface area contributed by atoms with Crippen LogP contribution in [0.5, 0.6) is 0 Å². The molecule has 1 fully saturated rings. The van der Waals surface area contributed by atoms with Crippen molar-refractivity contribution < 1.29 is 9.90 Å². The van der Waals surface area contributed by atoms with Gasteiger partial charge in [-0.3, -0.25) is 4.79 Å². The van der Waals surface area contributed by atoms with Crippen LogP contribution in [0.1, 0.15) is 19.3 Å². The highest BCUT2D eigenvalue weighted by Crippen LogP contribution is 2.23. The van der Waals surface area contributed by atoms with Gasteiger partial charge in [0.05, 0.1) is 0 Å². The lowest BCUT2D eigenvalue weighted by atomic mass is 10.1. The number of benzene rings is 1. The maximum atomic E-state index is 10.8. The van der Waals surface area contributed by atoms with Crippen molar-refractivity contribution in [2.75, 3.05) is 24.5 Å². The highest BCUT2D eigenvalue weighted by Gasteiger charge is 2.21. The molecule has 2 N–H and O–H groups in total. The van der Waals surface area contributed by atoms with Gasteiger partial charge in [0.15, 0.2) is 0 Å². The number of halogens is 1. The maximum Gasteiger partial charge on any atom is 0.303 e. The van der Waals surface area contributed by atoms with Crippen molar-refractivity contribution in [2.24, 2.45) is 0 Å². The summed E-state index contributed by atoms with van der Waals surface area (Å²) < 4.78 is 1.06. The van der Waals surface area contributed by atoms with Gasteiger partial charge in [-0.25, -0.2) is 0 Å². The molecule has 0 spiro atoms. The lowest BCUT2D eigenvalue weighted by Crippen LogP contribution is -2.40. The number of carboxylic acid groups (broad SMARTS) is 1. The Kier molecular flexibility index (Phi) is 5.22. The van der Waals surface area contributed by atoms with Crippen LogP contribution >= 0.6 is 15.9 Å². The number of nitrogens with one attached hydrogen (secondary N) is 1. The zero-order valence-electron chi connectivity index (χ0n) is 10.8. The lowest BCUT2D eigenvalue weighted by molar-refractivity contribution is -0.137. The molecule has 1 aliphatic rings. The van der Waals surface area contributed by atoms with E-state index in [9.17, 15) is 4.79 Å². The number of hydrogen-bond donors (Lipinski definition) is 2. The molecule has 1 aromatic rings. The summed E-state index contributed by atoms with van der Waals surface area (Å²) in [5.41, 5.74) is 1.17. The molecule has 1 atom stereocenters. The van der Waals surface area contributed by atoms with Gasteiger partial charge < -0.3 is 15.3 Å². The van der Waals surface area contributed by atoms with Gasteiger partial charge in [-0.15, -0.1) is 0 Å². The minimum absolute atomic E-state index is 0.222. The number of carboxylic acids is 1. The topological polar surface area (TPSA) is 52.6 Å². The van der Waals surface area contributed by atoms with Gasteiger partial charge in [0, 0.05) is 35.7 Å². The van der Waals surface area contributed by atoms with Gasteiger partial charge in [-0.1, -0.05) is 15.9 Å². The quantitative estimate of drug-likeness (QED) is 0.892. The third kappa shape index (κ3) is 4.21. The van der Waals surface area contributed by atoms with Crippen LogP contribution in [0.3, 0.4) is 0 Å². The Morgan fingerprint density at radius 2 is 2.16 bits per heavy atom. The van der Waals surface area contributed by atoms with Crippen LogP contribution in [0.2, 0.25) is 0 Å². The predicted molar refractivity (Wildman–Crippen MR) is 79.6 cm³/mol. The van der Waals surface area contributed by atoms with Crippen molar-refractivity contribution >= 4 is 27.6 Å². The molecule has 104 valence electrons. The van der Waals surface area contributed by atoms with Crippen molar-refractivity contribution in [1.82, 2.24) is 5.32 Å². The van der Waals surface area contributed by atoms with Crippen molar-refractivity contribution in [3.8, 4) is 0 Å². The molecule has 0 bridgehead atoms. The molecule has 4 nitrogen and oxygen atoms in total. The van der Waals surface area contributed by atoms with E-state index in [-0.39, 0.29) is 12.5 Å². The van der Waals surface area contributed by atoms with Gasteiger partial charge in [0.1, 0.15) is 0 Å². The summed E-state index contributed by atoms with van der Waals surface area (Å²) in [7, 11) is 0. The molecular weight excluding hydrogens is 308 g/mol. The summed E-state index contributed by atoms with van der Waals surface area (Å²) in [4.78, 5) is 13.1. The lowest BCUT2D eigenvalue weighted by Gasteiger charge is -2.31. The number of carbonyl (C=O) groups is 1. The van der Waals surface area contributed by atoms with Crippen LogP contribution in [-0.2, 0) is 4.79 Å². The van der Waals surface area contributed by atoms with Crippen LogP contribution in [0.4, 0.5) is 5.69 Å². The summed E-state index contributed by atoms with van der Waals surface area (Å²) in [5, 5.41) is 12.3. The Balaban J connectivity index is 2.11. The Morgan fingerprint density at radius 1 is 1.42 bits per heavy atom. The van der Waals surface area contributed by atoms with E-state index in [2.05, 4.69) is 38.3 Å². The molecule has 1 unspecified atom stereocenters. The SMILES string of the molecule is O=C(O)CCC1CNCCCN1c1ccc(Br)cc1. The molecule has 1 heterocycles. The molecule has 0 aliphatic carbocycles. The number of rotatable bonds is 4. The van der Waals surface area contributed by atoms with E-state index < -0.39 is 5.97 Å². The largest absolute Gasteiger partial charge is 0.481 e. The first kappa shape index (κ1) is 14.3. The molecule has 0 saturated carbocycles. The summed E-state index contributed by atoms with van der Waals surface area (Å²) in [6.07, 6.45) is 1.98. The van der Waals surface area contributed by atoms with Crippen molar-refractivity contribution in [1.29, 1.82) is 0 Å². The van der Waals surface area contributed by atoms with E-state index in [1.54, 1.807) is 0 Å². The molecular formula is C14H19BrN2O2. The molecule has 0 amide bonds. The Morgan fingerprint density at radius 3 is 2.84 bits per heavy atom. The third-order valence-electron chi connectivity index (χ3n) is 3.42. The summed E-state index contributed by atoms with van der Waals surface area (Å²) in [6, 6.07) is 8.48. The number of nitrogens with zero attached hydrogens (tertiary/aromatic N) is 1. The molecule has 1 aliphatic heterocycles. The van der Waals surface area contributed by atoms with E-state index in [1.165, 1.54) is 5.69 Å². The summed E-state index contributed by atoms with van der Waals surface area (Å²) in [5.74, 6) is -0.722. The fourth-order valence-electron chi connectivity index (χ4n) is 2.46. The Bertz CT molecular complexity index is 422. The average molecular weight is 327 g/mol. The Labute approximate surface area is 121 Å². The molecule has 2 rings (SSSR count). The van der Waals surface area contributed by atoms with E-state index in [0.717, 1.165) is 30.5 Å². The van der Waals surface area contributed by atoms with Crippen LogP contribution in [-0.4, -0.2) is 36.8 Å². The van der Waals surface area contributed by atoms with Gasteiger partial charge in [0.25, 0.3) is 0 Å². The molecule has 19 heavy (non-hydrogen) atoms. The third-order valence-corrected chi connectivity index (χ3v) is 3.95. The zero-order valence-corrected chi connectivity index (χ0v) is 12.4. The fraction of sp³-hybridized carbons (Fsp3) is 0.500. The molecule has 0 aromatic heterocycles. The van der Waals surface area contributed by atoms with Crippen molar-refractivity contribution in [3.05, 3.63) is 28.7 Å². The standard InChI is InChI=1S/C14H19BrN2O2/c15-11-2-4-12(5-3-11)17-9-1-8-16-10-13(17)6-7-14(18)19/h2-5,13,16H,1,6-10H2,(H,18,19). The Hall–Kier alpha value is -1.07. The van der Waals surface area contributed by atoms with Crippen LogP contribution in [0.15, 0.2) is 28.7 Å². The monoisotopic (exact) mass is 326 g/mol. The average Bonchev–Trinajstić information content (AvgIpc) is 2.62. The molecule has 1 aromatic carbocycles. The van der Waals surface area contributed by atoms with Gasteiger partial charge in [-0.05, 0) is 43.7 Å². The summed E-state index contributed by atoms with van der Waals surface area (Å²) in [6.45, 7) is 2.82. The van der Waals surface area contributed by atoms with E-state index in [1.807, 2.05) is 12.1 Å². The number of aliphatic carboxylic acids is 1. The van der Waals surface area contributed by atoms with Crippen LogP contribution in [0, 0.1) is 0 Å². The highest BCUT2D eigenvalue weighted by atomic mass is 79.9. The van der Waals surface area contributed by atoms with Crippen molar-refractivity contribution in [3.63, 3.8) is 0 Å². The van der Waals surface area contributed by atoms with Gasteiger partial charge >= 0.3 is 5.97 Å². The minimum Gasteiger partial charge on any atom is -0.481 e. The molecule has 1 saturated heterocycles. The molecule has 0 radical (unpaired) electrons. The predicted octanol–water partition coefficient (Wildman–Crippen LogP) is 2.48. The first-order chi connectivity index (χ1) is 9.16. The van der Waals surface area contributed by atoms with E-state index in [0.29, 0.717) is 6.42 Å². The fourth-order valence-corrected chi connectivity index (χ4v) is 2.72.